The van der Waals surface area contributed by atoms with Crippen molar-refractivity contribution >= 4 is 26.7 Å². The maximum absolute atomic E-state index is 13.0. The van der Waals surface area contributed by atoms with E-state index in [1.807, 2.05) is 0 Å². The lowest BCUT2D eigenvalue weighted by molar-refractivity contribution is -0.0110. The second kappa shape index (κ2) is 8.81. The lowest BCUT2D eigenvalue weighted by Gasteiger charge is -2.29. The second-order valence-corrected chi connectivity index (χ2v) is 9.14. The first-order valence-corrected chi connectivity index (χ1v) is 11.3. The van der Waals surface area contributed by atoms with E-state index in [0.717, 1.165) is 25.9 Å². The molecule has 0 bridgehead atoms. The van der Waals surface area contributed by atoms with Crippen LogP contribution in [0.4, 0.5) is 5.69 Å². The maximum Gasteiger partial charge on any atom is 0.262 e. The van der Waals surface area contributed by atoms with Crippen molar-refractivity contribution in [3.05, 3.63) is 48.4 Å². The maximum atomic E-state index is 13.0. The average Bonchev–Trinajstić information content (AvgIpc) is 3.19. The molecule has 1 aliphatic heterocycles. The molecule has 3 heterocycles. The van der Waals surface area contributed by atoms with Gasteiger partial charge < -0.3 is 24.4 Å². The van der Waals surface area contributed by atoms with Gasteiger partial charge in [-0.2, -0.15) is 5.48 Å². The number of hydroxylamine groups is 1. The highest BCUT2D eigenvalue weighted by Gasteiger charge is 2.23. The minimum atomic E-state index is -3.96. The van der Waals surface area contributed by atoms with E-state index in [9.17, 15) is 13.5 Å². The number of aliphatic hydroxyl groups excluding tert-OH is 1. The van der Waals surface area contributed by atoms with Crippen LogP contribution in [-0.4, -0.2) is 54.9 Å². The zero-order valence-electron chi connectivity index (χ0n) is 16.9. The Morgan fingerprint density at radius 2 is 2.03 bits per heavy atom. The molecule has 1 aromatic carbocycles. The molecular formula is C20H24N4O6S. The summed E-state index contributed by atoms with van der Waals surface area (Å²) >= 11 is 0. The normalized spacial score (nSPS) is 17.0. The van der Waals surface area contributed by atoms with E-state index in [1.54, 1.807) is 29.9 Å². The Hall–Kier alpha value is -2.70. The Balaban J connectivity index is 1.56. The number of furan rings is 1. The topological polar surface area (TPSA) is 137 Å². The first-order valence-electron chi connectivity index (χ1n) is 9.80. The van der Waals surface area contributed by atoms with Crippen LogP contribution in [0.5, 0.6) is 5.88 Å². The van der Waals surface area contributed by atoms with Crippen molar-refractivity contribution in [2.24, 2.45) is 0 Å². The second-order valence-electron chi connectivity index (χ2n) is 7.46. The van der Waals surface area contributed by atoms with Crippen molar-refractivity contribution in [3.8, 4) is 5.88 Å². The molecular weight excluding hydrogens is 424 g/mol. The number of hydrogen-bond donors (Lipinski definition) is 4. The number of hydrogen-bond acceptors (Lipinski definition) is 9. The van der Waals surface area contributed by atoms with Gasteiger partial charge in [-0.1, -0.05) is 0 Å². The third-order valence-electron chi connectivity index (χ3n) is 5.17. The van der Waals surface area contributed by atoms with E-state index in [4.69, 9.17) is 14.4 Å². The van der Waals surface area contributed by atoms with Gasteiger partial charge in [-0.3, -0.25) is 4.72 Å². The number of nitrogens with zero attached hydrogens (tertiary/aromatic N) is 2. The van der Waals surface area contributed by atoms with E-state index < -0.39 is 16.3 Å². The zero-order valence-corrected chi connectivity index (χ0v) is 17.7. The summed E-state index contributed by atoms with van der Waals surface area (Å²) in [7, 11) is -1.91. The summed E-state index contributed by atoms with van der Waals surface area (Å²) in [6, 6.07) is 9.06. The molecule has 31 heavy (non-hydrogen) atoms. The Morgan fingerprint density at radius 1 is 1.26 bits per heavy atom. The van der Waals surface area contributed by atoms with Crippen LogP contribution in [0.15, 0.2) is 51.9 Å². The van der Waals surface area contributed by atoms with Gasteiger partial charge in [0.1, 0.15) is 17.4 Å². The van der Waals surface area contributed by atoms with Crippen LogP contribution in [0.25, 0.3) is 11.0 Å². The number of rotatable bonds is 7. The van der Waals surface area contributed by atoms with E-state index >= 15 is 0 Å². The smallest absolute Gasteiger partial charge is 0.262 e. The van der Waals surface area contributed by atoms with Crippen LogP contribution in [0.1, 0.15) is 24.8 Å². The fraction of sp³-hybridized carbons (Fsp3) is 0.350. The quantitative estimate of drug-likeness (QED) is 0.316. The summed E-state index contributed by atoms with van der Waals surface area (Å²) in [5.41, 5.74) is 2.17. The Kier molecular flexibility index (Phi) is 6.12. The molecule has 2 aromatic heterocycles. The Labute approximate surface area is 179 Å². The molecule has 0 radical (unpaired) electrons. The predicted octanol–water partition coefficient (Wildman–Crippen LogP) is 2.07. The molecule has 166 valence electrons. The first-order chi connectivity index (χ1) is 14.9. The van der Waals surface area contributed by atoms with E-state index in [1.165, 1.54) is 18.2 Å². The minimum absolute atomic E-state index is 0.0264. The van der Waals surface area contributed by atoms with Crippen LogP contribution < -0.4 is 14.9 Å². The highest BCUT2D eigenvalue weighted by molar-refractivity contribution is 7.92. The van der Waals surface area contributed by atoms with Gasteiger partial charge in [-0.25, -0.2) is 13.4 Å². The molecule has 1 fully saturated rings. The lowest BCUT2D eigenvalue weighted by atomic mass is 10.1. The molecule has 0 saturated carbocycles. The van der Waals surface area contributed by atoms with Crippen molar-refractivity contribution in [2.45, 2.75) is 30.1 Å². The number of nitrogens with one attached hydrogen (secondary N) is 2. The average molecular weight is 449 g/mol. The molecule has 3 aromatic rings. The van der Waals surface area contributed by atoms with Gasteiger partial charge in [0.25, 0.3) is 10.0 Å². The summed E-state index contributed by atoms with van der Waals surface area (Å²) in [4.78, 5) is 6.40. The number of aliphatic hydroxyl groups is 1. The molecule has 1 saturated heterocycles. The highest BCUT2D eigenvalue weighted by Crippen LogP contribution is 2.29. The molecule has 1 unspecified atom stereocenters. The summed E-state index contributed by atoms with van der Waals surface area (Å²) in [5.74, 6) is 0.292. The zero-order chi connectivity index (χ0) is 22.0. The fourth-order valence-corrected chi connectivity index (χ4v) is 4.50. The predicted molar refractivity (Wildman–Crippen MR) is 112 cm³/mol. The van der Waals surface area contributed by atoms with Crippen molar-refractivity contribution in [3.63, 3.8) is 0 Å². The number of sulfonamides is 1. The van der Waals surface area contributed by atoms with Gasteiger partial charge >= 0.3 is 0 Å². The Morgan fingerprint density at radius 3 is 2.77 bits per heavy atom. The molecule has 4 N–H and O–H groups in total. The van der Waals surface area contributed by atoms with Crippen molar-refractivity contribution in [1.29, 1.82) is 0 Å². The number of pyridine rings is 1. The van der Waals surface area contributed by atoms with Crippen LogP contribution in [-0.2, 0) is 10.0 Å². The van der Waals surface area contributed by atoms with Crippen LogP contribution in [0.3, 0.4) is 0 Å². The lowest BCUT2D eigenvalue weighted by Crippen LogP contribution is -2.36. The molecule has 1 atom stereocenters. The molecule has 0 aliphatic carbocycles. The number of aromatic nitrogens is 1. The monoisotopic (exact) mass is 448 g/mol. The van der Waals surface area contributed by atoms with Crippen LogP contribution in [0.2, 0.25) is 0 Å². The SMILES string of the molecule is CN1CCC(Oc2ncccc2NS(=O)(=O)c2ccc3cc(C(O)NO)oc3c2)CC1. The number of benzene rings is 1. The van der Waals surface area contributed by atoms with Crippen molar-refractivity contribution in [1.82, 2.24) is 15.4 Å². The number of piperidine rings is 1. The summed E-state index contributed by atoms with van der Waals surface area (Å²) in [5, 5.41) is 19.0. The molecule has 1 aliphatic rings. The van der Waals surface area contributed by atoms with Gasteiger partial charge in [0.05, 0.1) is 4.90 Å². The van der Waals surface area contributed by atoms with Gasteiger partial charge in [-0.05, 0) is 50.2 Å². The van der Waals surface area contributed by atoms with Gasteiger partial charge in [0, 0.05) is 30.7 Å². The number of ether oxygens (including phenoxy) is 1. The number of likely N-dealkylation sites (tertiary alicyclic amines) is 1. The van der Waals surface area contributed by atoms with E-state index in [-0.39, 0.29) is 33.9 Å². The standard InChI is InChI=1S/C20H24N4O6S/c1-24-9-6-14(7-10-24)29-20-16(3-2-8-21-20)23-31(27,28)15-5-4-13-11-18(19(25)22-26)30-17(13)12-15/h2-5,8,11-12,14,19,22-23,25-26H,6-7,9-10H2,1H3. The summed E-state index contributed by atoms with van der Waals surface area (Å²) < 4.78 is 39.9. The third kappa shape index (κ3) is 4.81. The Bertz CT molecular complexity index is 1160. The van der Waals surface area contributed by atoms with E-state index in [0.29, 0.717) is 5.39 Å². The van der Waals surface area contributed by atoms with Gasteiger partial charge in [-0.15, -0.1) is 0 Å². The number of anilines is 1. The highest BCUT2D eigenvalue weighted by atomic mass is 32.2. The largest absolute Gasteiger partial charge is 0.473 e. The molecule has 0 amide bonds. The third-order valence-corrected chi connectivity index (χ3v) is 6.54. The molecule has 4 rings (SSSR count). The van der Waals surface area contributed by atoms with Gasteiger partial charge in [0.15, 0.2) is 12.0 Å². The van der Waals surface area contributed by atoms with Crippen LogP contribution >= 0.6 is 0 Å². The summed E-state index contributed by atoms with van der Waals surface area (Å²) in [6.45, 7) is 1.81. The molecule has 11 heteroatoms. The van der Waals surface area contributed by atoms with Gasteiger partial charge in [0.2, 0.25) is 5.88 Å². The van der Waals surface area contributed by atoms with Crippen molar-refractivity contribution < 1.29 is 27.9 Å². The first kappa shape index (κ1) is 21.5. The minimum Gasteiger partial charge on any atom is -0.473 e. The number of fused-ring (bicyclic) bond motifs is 1. The van der Waals surface area contributed by atoms with Crippen molar-refractivity contribution in [2.75, 3.05) is 24.9 Å². The fourth-order valence-electron chi connectivity index (χ4n) is 3.42. The molecule has 0 spiro atoms. The van der Waals surface area contributed by atoms with Crippen LogP contribution in [0, 0.1) is 0 Å². The summed E-state index contributed by atoms with van der Waals surface area (Å²) in [6.07, 6.45) is 1.79. The van der Waals surface area contributed by atoms with E-state index in [2.05, 4.69) is 21.7 Å². The molecule has 10 nitrogen and oxygen atoms in total.